The minimum atomic E-state index is -0.0419. The fourth-order valence-electron chi connectivity index (χ4n) is 5.15. The molecule has 0 radical (unpaired) electrons. The zero-order valence-electron chi connectivity index (χ0n) is 21.0. The third-order valence-corrected chi connectivity index (χ3v) is 7.18. The number of carbonyl (C=O) groups excluding carboxylic acids is 1. The summed E-state index contributed by atoms with van der Waals surface area (Å²) in [4.78, 5) is 24.8. The fourth-order valence-corrected chi connectivity index (χ4v) is 5.15. The summed E-state index contributed by atoms with van der Waals surface area (Å²) in [5, 5.41) is 4.05. The molecule has 1 amide bonds. The van der Waals surface area contributed by atoms with E-state index in [4.69, 9.17) is 4.98 Å². The summed E-state index contributed by atoms with van der Waals surface area (Å²) in [6, 6.07) is 22.7. The molecule has 0 spiro atoms. The molecular formula is C31H34N4O. The van der Waals surface area contributed by atoms with Crippen molar-refractivity contribution < 1.29 is 4.79 Å². The van der Waals surface area contributed by atoms with Gasteiger partial charge in [-0.2, -0.15) is 0 Å². The van der Waals surface area contributed by atoms with E-state index in [1.807, 2.05) is 43.3 Å². The largest absolute Gasteiger partial charge is 0.352 e. The van der Waals surface area contributed by atoms with Gasteiger partial charge < -0.3 is 10.2 Å². The van der Waals surface area contributed by atoms with Crippen LogP contribution in [0.1, 0.15) is 40.7 Å². The molecule has 1 fully saturated rings. The van der Waals surface area contributed by atoms with Crippen LogP contribution in [0, 0.1) is 12.8 Å². The summed E-state index contributed by atoms with van der Waals surface area (Å²) < 4.78 is 0. The van der Waals surface area contributed by atoms with Crippen LogP contribution in [0.5, 0.6) is 0 Å². The van der Waals surface area contributed by atoms with Gasteiger partial charge in [-0.15, -0.1) is 0 Å². The number of benzene rings is 2. The van der Waals surface area contributed by atoms with Crippen LogP contribution >= 0.6 is 0 Å². The zero-order chi connectivity index (χ0) is 24.7. The Morgan fingerprint density at radius 2 is 1.86 bits per heavy atom. The molecule has 2 aromatic heterocycles. The van der Waals surface area contributed by atoms with Gasteiger partial charge in [-0.25, -0.2) is 4.98 Å². The van der Waals surface area contributed by atoms with Gasteiger partial charge in [0.25, 0.3) is 5.91 Å². The first-order valence-electron chi connectivity index (χ1n) is 13.0. The molecule has 0 saturated carbocycles. The van der Waals surface area contributed by atoms with Crippen LogP contribution in [0.15, 0.2) is 79.1 Å². The van der Waals surface area contributed by atoms with Crippen molar-refractivity contribution in [2.75, 3.05) is 26.2 Å². The van der Waals surface area contributed by atoms with E-state index in [1.165, 1.54) is 24.8 Å². The highest BCUT2D eigenvalue weighted by Crippen LogP contribution is 2.26. The second-order valence-corrected chi connectivity index (χ2v) is 9.90. The molecule has 1 aliphatic heterocycles. The first kappa shape index (κ1) is 24.1. The molecule has 5 rings (SSSR count). The van der Waals surface area contributed by atoms with Gasteiger partial charge in [-0.1, -0.05) is 42.0 Å². The summed E-state index contributed by atoms with van der Waals surface area (Å²) in [5.41, 5.74) is 5.73. The van der Waals surface area contributed by atoms with Crippen molar-refractivity contribution in [1.29, 1.82) is 0 Å². The van der Waals surface area contributed by atoms with E-state index in [2.05, 4.69) is 45.5 Å². The minimum absolute atomic E-state index is 0.0419. The monoisotopic (exact) mass is 478 g/mol. The van der Waals surface area contributed by atoms with Gasteiger partial charge in [0.2, 0.25) is 0 Å². The van der Waals surface area contributed by atoms with Crippen molar-refractivity contribution in [3.63, 3.8) is 0 Å². The average Bonchev–Trinajstić information content (AvgIpc) is 2.92. The number of fused-ring (bicyclic) bond motifs is 1. The maximum absolute atomic E-state index is 13.3. The third kappa shape index (κ3) is 5.97. The van der Waals surface area contributed by atoms with Crippen molar-refractivity contribution >= 4 is 16.8 Å². The lowest BCUT2D eigenvalue weighted by Gasteiger charge is -2.32. The maximum Gasteiger partial charge on any atom is 0.252 e. The summed E-state index contributed by atoms with van der Waals surface area (Å²) in [5.74, 6) is 0.737. The quantitative estimate of drug-likeness (QED) is 0.331. The van der Waals surface area contributed by atoms with Gasteiger partial charge in [-0.3, -0.25) is 9.78 Å². The second-order valence-electron chi connectivity index (χ2n) is 9.90. The van der Waals surface area contributed by atoms with Crippen LogP contribution in [0.2, 0.25) is 0 Å². The highest BCUT2D eigenvalue weighted by atomic mass is 16.1. The van der Waals surface area contributed by atoms with Gasteiger partial charge in [0.05, 0.1) is 16.8 Å². The molecule has 1 N–H and O–H groups in total. The molecule has 3 heterocycles. The van der Waals surface area contributed by atoms with E-state index >= 15 is 0 Å². The number of rotatable bonds is 8. The number of pyridine rings is 2. The second kappa shape index (κ2) is 11.4. The lowest BCUT2D eigenvalue weighted by Crippen LogP contribution is -2.36. The number of amides is 1. The smallest absolute Gasteiger partial charge is 0.252 e. The molecule has 4 aromatic rings. The van der Waals surface area contributed by atoms with E-state index in [-0.39, 0.29) is 5.91 Å². The first-order valence-corrected chi connectivity index (χ1v) is 13.0. The van der Waals surface area contributed by atoms with Crippen LogP contribution in [0.4, 0.5) is 0 Å². The number of hydrogen-bond donors (Lipinski definition) is 1. The number of aryl methyl sites for hydroxylation is 1. The third-order valence-electron chi connectivity index (χ3n) is 7.18. The fraction of sp³-hybridized carbons (Fsp3) is 0.323. The average molecular weight is 479 g/mol. The number of carbonyl (C=O) groups is 1. The van der Waals surface area contributed by atoms with Crippen molar-refractivity contribution in [1.82, 2.24) is 20.2 Å². The highest BCUT2D eigenvalue weighted by molar-refractivity contribution is 6.07. The van der Waals surface area contributed by atoms with Crippen molar-refractivity contribution in [3.05, 3.63) is 95.8 Å². The van der Waals surface area contributed by atoms with Gasteiger partial charge in [0, 0.05) is 29.9 Å². The molecule has 1 aliphatic rings. The Bertz CT molecular complexity index is 1300. The molecule has 5 nitrogen and oxygen atoms in total. The molecule has 2 aromatic carbocycles. The lowest BCUT2D eigenvalue weighted by molar-refractivity contribution is 0.0952. The summed E-state index contributed by atoms with van der Waals surface area (Å²) in [6.07, 6.45) is 8.17. The number of hydrogen-bond acceptors (Lipinski definition) is 4. The molecule has 0 atom stereocenters. The maximum atomic E-state index is 13.3. The van der Waals surface area contributed by atoms with Crippen LogP contribution in [-0.4, -0.2) is 47.0 Å². The summed E-state index contributed by atoms with van der Waals surface area (Å²) in [7, 11) is 0. The Kier molecular flexibility index (Phi) is 7.67. The summed E-state index contributed by atoms with van der Waals surface area (Å²) in [6.45, 7) is 6.03. The van der Waals surface area contributed by atoms with Crippen LogP contribution in [-0.2, 0) is 6.42 Å². The topological polar surface area (TPSA) is 58.1 Å². The van der Waals surface area contributed by atoms with Gasteiger partial charge >= 0.3 is 0 Å². The van der Waals surface area contributed by atoms with E-state index in [0.29, 0.717) is 12.1 Å². The normalized spacial score (nSPS) is 14.7. The molecule has 0 bridgehead atoms. The van der Waals surface area contributed by atoms with E-state index in [0.717, 1.165) is 59.7 Å². The Labute approximate surface area is 213 Å². The predicted octanol–water partition coefficient (Wildman–Crippen LogP) is 5.68. The zero-order valence-corrected chi connectivity index (χ0v) is 21.0. The number of nitrogens with zero attached hydrogens (tertiary/aromatic N) is 3. The Hall–Kier alpha value is -3.57. The lowest BCUT2D eigenvalue weighted by atomic mass is 9.90. The molecule has 0 unspecified atom stereocenters. The SMILES string of the molecule is Cc1ccc2nc(-c3cccnc3)cc(C(=O)NCCCN3CCC(Cc4ccccc4)CC3)c2c1. The molecule has 184 valence electrons. The molecular weight excluding hydrogens is 444 g/mol. The van der Waals surface area contributed by atoms with Crippen LogP contribution in [0.25, 0.3) is 22.2 Å². The Morgan fingerprint density at radius 3 is 2.64 bits per heavy atom. The van der Waals surface area contributed by atoms with Crippen molar-refractivity contribution in [2.24, 2.45) is 5.92 Å². The number of nitrogens with one attached hydrogen (secondary N) is 1. The van der Waals surface area contributed by atoms with E-state index < -0.39 is 0 Å². The van der Waals surface area contributed by atoms with E-state index in [1.54, 1.807) is 12.4 Å². The highest BCUT2D eigenvalue weighted by Gasteiger charge is 2.19. The number of aromatic nitrogens is 2. The van der Waals surface area contributed by atoms with Crippen molar-refractivity contribution in [2.45, 2.75) is 32.6 Å². The standard InChI is InChI=1S/C31H34N4O/c1-23-10-11-29-27(19-23)28(21-30(34-29)26-9-5-14-32-22-26)31(36)33-15-6-16-35-17-12-25(13-18-35)20-24-7-3-2-4-8-24/h2-5,7-11,14,19,21-22,25H,6,12-13,15-18,20H2,1H3,(H,33,36). The minimum Gasteiger partial charge on any atom is -0.352 e. The van der Waals surface area contributed by atoms with Crippen LogP contribution in [0.3, 0.4) is 0 Å². The van der Waals surface area contributed by atoms with Gasteiger partial charge in [-0.05, 0) is 94.1 Å². The Balaban J connectivity index is 1.16. The van der Waals surface area contributed by atoms with Gasteiger partial charge in [0.15, 0.2) is 0 Å². The predicted molar refractivity (Wildman–Crippen MR) is 146 cm³/mol. The Morgan fingerprint density at radius 1 is 1.03 bits per heavy atom. The van der Waals surface area contributed by atoms with Crippen molar-refractivity contribution in [3.8, 4) is 11.3 Å². The summed E-state index contributed by atoms with van der Waals surface area (Å²) >= 11 is 0. The van der Waals surface area contributed by atoms with Gasteiger partial charge in [0.1, 0.15) is 0 Å². The van der Waals surface area contributed by atoms with E-state index in [9.17, 15) is 4.79 Å². The number of likely N-dealkylation sites (tertiary alicyclic amines) is 1. The van der Waals surface area contributed by atoms with Crippen LogP contribution < -0.4 is 5.32 Å². The molecule has 5 heteroatoms. The molecule has 0 aliphatic carbocycles. The first-order chi connectivity index (χ1) is 17.7. The molecule has 36 heavy (non-hydrogen) atoms. The number of piperidine rings is 1. The molecule has 1 saturated heterocycles.